The summed E-state index contributed by atoms with van der Waals surface area (Å²) >= 11 is 0. The van der Waals surface area contributed by atoms with Gasteiger partial charge >= 0.3 is 0 Å². The van der Waals surface area contributed by atoms with E-state index in [0.717, 1.165) is 11.6 Å². The molecule has 1 aromatic heterocycles. The number of aryl methyl sites for hydroxylation is 1. The lowest BCUT2D eigenvalue weighted by Gasteiger charge is -2.09. The molecule has 2 unspecified atom stereocenters. The van der Waals surface area contributed by atoms with E-state index in [1.165, 1.54) is 17.7 Å². The minimum absolute atomic E-state index is 0.642. The van der Waals surface area contributed by atoms with Gasteiger partial charge in [-0.2, -0.15) is 0 Å². The van der Waals surface area contributed by atoms with Crippen molar-refractivity contribution in [1.29, 1.82) is 0 Å². The third kappa shape index (κ3) is 2.11. The molecule has 1 aliphatic carbocycles. The van der Waals surface area contributed by atoms with Crippen LogP contribution in [0.2, 0.25) is 0 Å². The summed E-state index contributed by atoms with van der Waals surface area (Å²) in [5, 5.41) is 0. The Bertz CT molecular complexity index is 411. The van der Waals surface area contributed by atoms with E-state index in [9.17, 15) is 0 Å². The Balaban J connectivity index is 2.25. The Labute approximate surface area is 97.4 Å². The fraction of sp³-hybridized carbons (Fsp3) is 0.500. The predicted octanol–water partition coefficient (Wildman–Crippen LogP) is 3.52. The van der Waals surface area contributed by atoms with Gasteiger partial charge in [0.25, 0.3) is 0 Å². The van der Waals surface area contributed by atoms with Crippen LogP contribution in [0.25, 0.3) is 5.76 Å². The van der Waals surface area contributed by atoms with Gasteiger partial charge in [-0.05, 0) is 37.8 Å². The highest BCUT2D eigenvalue weighted by atomic mass is 16.5. The van der Waals surface area contributed by atoms with Crippen LogP contribution in [0.5, 0.6) is 0 Å². The Morgan fingerprint density at radius 3 is 2.81 bits per heavy atom. The van der Waals surface area contributed by atoms with E-state index in [2.05, 4.69) is 31.5 Å². The number of hydrogen-bond donors (Lipinski definition) is 0. The monoisotopic (exact) mass is 217 g/mol. The SMILES string of the molecule is C=C(OCC)c1ccc(C)c(C2CC2C)n1. The predicted molar refractivity (Wildman–Crippen MR) is 66.2 cm³/mol. The summed E-state index contributed by atoms with van der Waals surface area (Å²) in [6.07, 6.45) is 1.26. The molecule has 2 nitrogen and oxygen atoms in total. The number of ether oxygens (including phenoxy) is 1. The molecule has 0 aromatic carbocycles. The highest BCUT2D eigenvalue weighted by Crippen LogP contribution is 2.47. The highest BCUT2D eigenvalue weighted by molar-refractivity contribution is 5.54. The van der Waals surface area contributed by atoms with Crippen LogP contribution in [-0.2, 0) is 4.74 Å². The van der Waals surface area contributed by atoms with Crippen molar-refractivity contribution in [2.75, 3.05) is 6.61 Å². The lowest BCUT2D eigenvalue weighted by atomic mass is 10.1. The summed E-state index contributed by atoms with van der Waals surface area (Å²) < 4.78 is 5.39. The fourth-order valence-electron chi connectivity index (χ4n) is 2.03. The molecule has 1 aromatic rings. The summed E-state index contributed by atoms with van der Waals surface area (Å²) in [5.41, 5.74) is 3.38. The largest absolute Gasteiger partial charge is 0.492 e. The van der Waals surface area contributed by atoms with Crippen LogP contribution in [0.1, 0.15) is 43.1 Å². The van der Waals surface area contributed by atoms with Gasteiger partial charge in [0.15, 0.2) is 0 Å². The van der Waals surface area contributed by atoms with Gasteiger partial charge in [-0.1, -0.05) is 19.6 Å². The molecule has 1 heterocycles. The van der Waals surface area contributed by atoms with Gasteiger partial charge in [-0.25, -0.2) is 4.98 Å². The average molecular weight is 217 g/mol. The van der Waals surface area contributed by atoms with E-state index in [-0.39, 0.29) is 0 Å². The third-order valence-electron chi connectivity index (χ3n) is 3.20. The average Bonchev–Trinajstić information content (AvgIpc) is 2.96. The van der Waals surface area contributed by atoms with Crippen molar-refractivity contribution in [2.24, 2.45) is 5.92 Å². The van der Waals surface area contributed by atoms with Gasteiger partial charge in [0.2, 0.25) is 0 Å². The van der Waals surface area contributed by atoms with E-state index in [4.69, 9.17) is 4.74 Å². The molecule has 0 amide bonds. The first-order valence-corrected chi connectivity index (χ1v) is 5.93. The molecule has 2 rings (SSSR count). The van der Waals surface area contributed by atoms with Crippen molar-refractivity contribution in [3.63, 3.8) is 0 Å². The number of nitrogens with zero attached hydrogens (tertiary/aromatic N) is 1. The molecule has 2 heteroatoms. The van der Waals surface area contributed by atoms with Crippen LogP contribution >= 0.6 is 0 Å². The van der Waals surface area contributed by atoms with Crippen molar-refractivity contribution in [3.05, 3.63) is 35.7 Å². The molecule has 16 heavy (non-hydrogen) atoms. The number of hydrogen-bond acceptors (Lipinski definition) is 2. The van der Waals surface area contributed by atoms with Gasteiger partial charge in [0.05, 0.1) is 6.61 Å². The van der Waals surface area contributed by atoms with Crippen LogP contribution in [0.15, 0.2) is 18.7 Å². The second kappa shape index (κ2) is 4.28. The van der Waals surface area contributed by atoms with E-state index in [0.29, 0.717) is 18.3 Å². The van der Waals surface area contributed by atoms with Crippen molar-refractivity contribution in [1.82, 2.24) is 4.98 Å². The van der Waals surface area contributed by atoms with E-state index in [1.54, 1.807) is 0 Å². The van der Waals surface area contributed by atoms with Crippen molar-refractivity contribution in [2.45, 2.75) is 33.1 Å². The van der Waals surface area contributed by atoms with Crippen LogP contribution in [0.4, 0.5) is 0 Å². The normalized spacial score (nSPS) is 22.9. The lowest BCUT2D eigenvalue weighted by molar-refractivity contribution is 0.297. The van der Waals surface area contributed by atoms with E-state index < -0.39 is 0 Å². The van der Waals surface area contributed by atoms with Crippen molar-refractivity contribution in [3.8, 4) is 0 Å². The molecule has 0 saturated heterocycles. The molecule has 1 fully saturated rings. The molecular weight excluding hydrogens is 198 g/mol. The highest BCUT2D eigenvalue weighted by Gasteiger charge is 2.36. The Hall–Kier alpha value is -1.31. The fourth-order valence-corrected chi connectivity index (χ4v) is 2.03. The molecule has 0 aliphatic heterocycles. The summed E-state index contributed by atoms with van der Waals surface area (Å²) in [6.45, 7) is 10.9. The van der Waals surface area contributed by atoms with E-state index >= 15 is 0 Å². The summed E-state index contributed by atoms with van der Waals surface area (Å²) in [5.74, 6) is 2.10. The molecule has 2 atom stereocenters. The Morgan fingerprint density at radius 1 is 1.56 bits per heavy atom. The number of pyridine rings is 1. The first-order valence-electron chi connectivity index (χ1n) is 5.93. The number of rotatable bonds is 4. The first kappa shape index (κ1) is 11.2. The maximum absolute atomic E-state index is 5.39. The van der Waals surface area contributed by atoms with Crippen molar-refractivity contribution >= 4 is 5.76 Å². The zero-order valence-electron chi connectivity index (χ0n) is 10.3. The standard InChI is InChI=1S/C14H19NO/c1-5-16-11(4)13-7-6-9(2)14(15-13)12-8-10(12)3/h6-7,10,12H,4-5,8H2,1-3H3. The minimum atomic E-state index is 0.642. The zero-order chi connectivity index (χ0) is 11.7. The Morgan fingerprint density at radius 2 is 2.25 bits per heavy atom. The smallest absolute Gasteiger partial charge is 0.137 e. The van der Waals surface area contributed by atoms with Gasteiger partial charge < -0.3 is 4.74 Å². The van der Waals surface area contributed by atoms with Crippen LogP contribution in [0, 0.1) is 12.8 Å². The zero-order valence-corrected chi connectivity index (χ0v) is 10.3. The van der Waals surface area contributed by atoms with Crippen LogP contribution in [0.3, 0.4) is 0 Å². The molecule has 0 radical (unpaired) electrons. The minimum Gasteiger partial charge on any atom is -0.492 e. The van der Waals surface area contributed by atoms with Gasteiger partial charge in [0.1, 0.15) is 11.5 Å². The first-order chi connectivity index (χ1) is 7.63. The molecule has 86 valence electrons. The summed E-state index contributed by atoms with van der Waals surface area (Å²) in [6, 6.07) is 4.11. The maximum Gasteiger partial charge on any atom is 0.137 e. The summed E-state index contributed by atoms with van der Waals surface area (Å²) in [7, 11) is 0. The lowest BCUT2D eigenvalue weighted by Crippen LogP contribution is -1.99. The molecule has 0 bridgehead atoms. The van der Waals surface area contributed by atoms with Gasteiger partial charge in [-0.3, -0.25) is 0 Å². The molecule has 0 N–H and O–H groups in total. The molecule has 0 spiro atoms. The van der Waals surface area contributed by atoms with Crippen LogP contribution in [-0.4, -0.2) is 11.6 Å². The van der Waals surface area contributed by atoms with Crippen molar-refractivity contribution < 1.29 is 4.74 Å². The quantitative estimate of drug-likeness (QED) is 0.720. The Kier molecular flexibility index (Phi) is 2.99. The van der Waals surface area contributed by atoms with Crippen LogP contribution < -0.4 is 0 Å². The van der Waals surface area contributed by atoms with E-state index in [1.807, 2.05) is 13.0 Å². The molecule has 1 aliphatic rings. The topological polar surface area (TPSA) is 22.1 Å². The summed E-state index contributed by atoms with van der Waals surface area (Å²) in [4.78, 5) is 4.68. The second-order valence-corrected chi connectivity index (χ2v) is 4.57. The second-order valence-electron chi connectivity index (χ2n) is 4.57. The molecule has 1 saturated carbocycles. The third-order valence-corrected chi connectivity index (χ3v) is 3.20. The molecular formula is C14H19NO. The maximum atomic E-state index is 5.39. The van der Waals surface area contributed by atoms with Gasteiger partial charge in [0, 0.05) is 11.6 Å². The van der Waals surface area contributed by atoms with Gasteiger partial charge in [-0.15, -0.1) is 0 Å². The number of aromatic nitrogens is 1.